The average Bonchev–Trinajstić information content (AvgIpc) is 2.87. The number of aromatic nitrogens is 1. The van der Waals surface area contributed by atoms with Crippen LogP contribution in [0.15, 0.2) is 10.4 Å². The van der Waals surface area contributed by atoms with Crippen molar-refractivity contribution in [3.8, 4) is 0 Å². The summed E-state index contributed by atoms with van der Waals surface area (Å²) in [4.78, 5) is 4.05. The summed E-state index contributed by atoms with van der Waals surface area (Å²) in [5, 5.41) is 4.43. The molecule has 0 amide bonds. The third kappa shape index (κ3) is 3.47. The fraction of sp³-hybridized carbons (Fsp3) is 0.786. The SMILES string of the molecule is Cc1ncc(S(=O)(=O)NC2CCNC3(CCCCC3)C2)s1. The zero-order chi connectivity index (χ0) is 14.9. The molecule has 7 heteroatoms. The largest absolute Gasteiger partial charge is 0.311 e. The Bertz CT molecular complexity index is 586. The van der Waals surface area contributed by atoms with Gasteiger partial charge in [-0.05, 0) is 39.2 Å². The van der Waals surface area contributed by atoms with E-state index in [9.17, 15) is 8.42 Å². The second-order valence-corrected chi connectivity index (χ2v) is 9.45. The number of hydrogen-bond acceptors (Lipinski definition) is 5. The smallest absolute Gasteiger partial charge is 0.251 e. The van der Waals surface area contributed by atoms with E-state index in [2.05, 4.69) is 15.0 Å². The molecule has 1 atom stereocenters. The molecule has 2 aliphatic rings. The number of thiazole rings is 1. The first kappa shape index (κ1) is 15.4. The first-order valence-corrected chi connectivity index (χ1v) is 9.99. The number of nitrogens with one attached hydrogen (secondary N) is 2. The molecule has 1 spiro atoms. The maximum absolute atomic E-state index is 12.4. The lowest BCUT2D eigenvalue weighted by molar-refractivity contribution is 0.165. The lowest BCUT2D eigenvalue weighted by atomic mass is 9.75. The van der Waals surface area contributed by atoms with Gasteiger partial charge in [-0.1, -0.05) is 19.3 Å². The zero-order valence-corrected chi connectivity index (χ0v) is 14.0. The van der Waals surface area contributed by atoms with E-state index in [0.717, 1.165) is 24.4 Å². The summed E-state index contributed by atoms with van der Waals surface area (Å²) in [5.41, 5.74) is 0.160. The highest BCUT2D eigenvalue weighted by molar-refractivity contribution is 7.91. The van der Waals surface area contributed by atoms with Crippen LogP contribution < -0.4 is 10.0 Å². The summed E-state index contributed by atoms with van der Waals surface area (Å²) in [6, 6.07) is 0.0387. The summed E-state index contributed by atoms with van der Waals surface area (Å²) < 4.78 is 28.1. The van der Waals surface area contributed by atoms with E-state index in [1.165, 1.54) is 49.6 Å². The standard InChI is InChI=1S/C14H23N3O2S2/c1-11-15-10-13(20-11)21(18,19)17-12-5-8-16-14(9-12)6-3-2-4-7-14/h10,12,16-17H,2-9H2,1H3. The van der Waals surface area contributed by atoms with Crippen LogP contribution in [-0.4, -0.2) is 31.5 Å². The number of piperidine rings is 1. The monoisotopic (exact) mass is 329 g/mol. The van der Waals surface area contributed by atoms with Crippen LogP contribution in [0.2, 0.25) is 0 Å². The molecule has 118 valence electrons. The zero-order valence-electron chi connectivity index (χ0n) is 12.4. The number of hydrogen-bond donors (Lipinski definition) is 2. The lowest BCUT2D eigenvalue weighted by Gasteiger charge is -2.44. The molecule has 0 radical (unpaired) electrons. The number of aryl methyl sites for hydroxylation is 1. The van der Waals surface area contributed by atoms with Gasteiger partial charge < -0.3 is 5.32 Å². The van der Waals surface area contributed by atoms with Gasteiger partial charge in [-0.25, -0.2) is 18.1 Å². The maximum Gasteiger partial charge on any atom is 0.251 e. The Labute approximate surface area is 130 Å². The predicted molar refractivity (Wildman–Crippen MR) is 84.0 cm³/mol. The van der Waals surface area contributed by atoms with E-state index in [1.807, 2.05) is 6.92 Å². The fourth-order valence-electron chi connectivity index (χ4n) is 3.61. The van der Waals surface area contributed by atoms with Crippen molar-refractivity contribution in [2.45, 2.75) is 67.7 Å². The molecule has 1 aromatic rings. The molecule has 0 aromatic carbocycles. The van der Waals surface area contributed by atoms with Crippen molar-refractivity contribution in [2.75, 3.05) is 6.54 Å². The summed E-state index contributed by atoms with van der Waals surface area (Å²) >= 11 is 1.23. The van der Waals surface area contributed by atoms with Crippen LogP contribution in [0.1, 0.15) is 50.0 Å². The number of rotatable bonds is 3. The summed E-state index contributed by atoms with van der Waals surface area (Å²) in [7, 11) is -3.42. The van der Waals surface area contributed by atoms with Crippen LogP contribution in [-0.2, 0) is 10.0 Å². The molecule has 2 heterocycles. The topological polar surface area (TPSA) is 71.1 Å². The first-order chi connectivity index (χ1) is 9.99. The van der Waals surface area contributed by atoms with Crippen molar-refractivity contribution >= 4 is 21.4 Å². The fourth-order valence-corrected chi connectivity index (χ4v) is 6.01. The number of sulfonamides is 1. The van der Waals surface area contributed by atoms with E-state index in [4.69, 9.17) is 0 Å². The molecule has 2 N–H and O–H groups in total. The van der Waals surface area contributed by atoms with E-state index in [0.29, 0.717) is 4.21 Å². The second kappa shape index (κ2) is 5.95. The molecule has 5 nitrogen and oxygen atoms in total. The molecular weight excluding hydrogens is 306 g/mol. The maximum atomic E-state index is 12.4. The Morgan fingerprint density at radius 2 is 2.14 bits per heavy atom. The molecule has 1 aliphatic carbocycles. The summed E-state index contributed by atoms with van der Waals surface area (Å²) in [6.07, 6.45) is 9.37. The Kier molecular flexibility index (Phi) is 4.36. The minimum absolute atomic E-state index is 0.0387. The van der Waals surface area contributed by atoms with Crippen LogP contribution in [0.3, 0.4) is 0 Å². The minimum Gasteiger partial charge on any atom is -0.311 e. The van der Waals surface area contributed by atoms with E-state index in [1.54, 1.807) is 0 Å². The average molecular weight is 329 g/mol. The molecule has 2 fully saturated rings. The van der Waals surface area contributed by atoms with Gasteiger partial charge >= 0.3 is 0 Å². The van der Waals surface area contributed by atoms with Gasteiger partial charge in [0.25, 0.3) is 10.0 Å². The summed E-state index contributed by atoms with van der Waals surface area (Å²) in [6.45, 7) is 2.72. The van der Waals surface area contributed by atoms with Gasteiger partial charge in [0, 0.05) is 11.6 Å². The Balaban J connectivity index is 1.69. The van der Waals surface area contributed by atoms with Gasteiger partial charge in [-0.2, -0.15) is 0 Å². The first-order valence-electron chi connectivity index (χ1n) is 7.69. The van der Waals surface area contributed by atoms with Crippen molar-refractivity contribution < 1.29 is 8.42 Å². The van der Waals surface area contributed by atoms with Gasteiger partial charge in [-0.15, -0.1) is 11.3 Å². The molecule has 1 saturated carbocycles. The highest BCUT2D eigenvalue weighted by Gasteiger charge is 2.38. The van der Waals surface area contributed by atoms with Crippen LogP contribution in [0.4, 0.5) is 0 Å². The quantitative estimate of drug-likeness (QED) is 0.892. The van der Waals surface area contributed by atoms with E-state index < -0.39 is 10.0 Å². The lowest BCUT2D eigenvalue weighted by Crippen LogP contribution is -2.56. The Morgan fingerprint density at radius 1 is 1.38 bits per heavy atom. The van der Waals surface area contributed by atoms with Crippen LogP contribution in [0, 0.1) is 6.92 Å². The predicted octanol–water partition coefficient (Wildman–Crippen LogP) is 2.18. The van der Waals surface area contributed by atoms with Gasteiger partial charge in [0.2, 0.25) is 0 Å². The van der Waals surface area contributed by atoms with Crippen molar-refractivity contribution in [2.24, 2.45) is 0 Å². The van der Waals surface area contributed by atoms with E-state index in [-0.39, 0.29) is 11.6 Å². The molecule has 1 aromatic heterocycles. The van der Waals surface area contributed by atoms with Crippen molar-refractivity contribution in [3.05, 3.63) is 11.2 Å². The normalized spacial score (nSPS) is 26.0. The molecule has 0 bridgehead atoms. The van der Waals surface area contributed by atoms with Crippen LogP contribution in [0.5, 0.6) is 0 Å². The third-order valence-corrected chi connectivity index (χ3v) is 7.52. The molecule has 1 unspecified atom stereocenters. The van der Waals surface area contributed by atoms with Gasteiger partial charge in [0.05, 0.1) is 11.2 Å². The van der Waals surface area contributed by atoms with Gasteiger partial charge in [0.15, 0.2) is 4.21 Å². The third-order valence-electron chi connectivity index (χ3n) is 4.63. The Hall–Kier alpha value is -0.500. The van der Waals surface area contributed by atoms with Crippen LogP contribution in [0.25, 0.3) is 0 Å². The van der Waals surface area contributed by atoms with E-state index >= 15 is 0 Å². The van der Waals surface area contributed by atoms with Crippen molar-refractivity contribution in [3.63, 3.8) is 0 Å². The molecular formula is C14H23N3O2S2. The minimum atomic E-state index is -3.42. The molecule has 21 heavy (non-hydrogen) atoms. The number of nitrogens with zero attached hydrogens (tertiary/aromatic N) is 1. The highest BCUT2D eigenvalue weighted by Crippen LogP contribution is 2.35. The molecule has 1 aliphatic heterocycles. The van der Waals surface area contributed by atoms with Crippen molar-refractivity contribution in [1.29, 1.82) is 0 Å². The highest BCUT2D eigenvalue weighted by atomic mass is 32.2. The van der Waals surface area contributed by atoms with Crippen molar-refractivity contribution in [1.82, 2.24) is 15.0 Å². The van der Waals surface area contributed by atoms with Crippen LogP contribution >= 0.6 is 11.3 Å². The Morgan fingerprint density at radius 3 is 2.81 bits per heavy atom. The molecule has 1 saturated heterocycles. The summed E-state index contributed by atoms with van der Waals surface area (Å²) in [5.74, 6) is 0. The van der Waals surface area contributed by atoms with Gasteiger partial charge in [-0.3, -0.25) is 0 Å². The molecule has 3 rings (SSSR count). The van der Waals surface area contributed by atoms with Gasteiger partial charge in [0.1, 0.15) is 0 Å². The second-order valence-electron chi connectivity index (χ2n) is 6.28.